The Morgan fingerprint density at radius 2 is 1.92 bits per heavy atom. The number of fused-ring (bicyclic) bond motifs is 6. The van der Waals surface area contributed by atoms with Crippen LogP contribution in [0.4, 0.5) is 0 Å². The van der Waals surface area contributed by atoms with Gasteiger partial charge < -0.3 is 50.8 Å². The quantitative estimate of drug-likeness (QED) is 0.0959. The second-order valence-electron chi connectivity index (χ2n) is 17.8. The summed E-state index contributed by atoms with van der Waals surface area (Å²) in [5.41, 5.74) is 14.8. The fourth-order valence-corrected chi connectivity index (χ4v) is 11.0. The molecule has 2 saturated carbocycles. The fourth-order valence-electron chi connectivity index (χ4n) is 11.0. The van der Waals surface area contributed by atoms with E-state index in [-0.39, 0.29) is 47.7 Å². The number of dihydropyridines is 1. The first kappa shape index (κ1) is 40.3. The zero-order chi connectivity index (χ0) is 41.5. The number of nitrogens with one attached hydrogen (secondary N) is 3. The van der Waals surface area contributed by atoms with Crippen molar-refractivity contribution in [3.05, 3.63) is 87.6 Å². The normalized spacial score (nSPS) is 25.5. The molecule has 316 valence electrons. The summed E-state index contributed by atoms with van der Waals surface area (Å²) in [7, 11) is 3.55. The number of phenolic OH excluding ortho intramolecular Hbond substituents is 2. The van der Waals surface area contributed by atoms with Crippen LogP contribution in [0.1, 0.15) is 105 Å². The molecular formula is C49H58N4O7. The maximum absolute atomic E-state index is 12.5. The molecule has 11 nitrogen and oxygen atoms in total. The number of carbonyl (C=O) groups is 1. The number of rotatable bonds is 10. The Kier molecular flexibility index (Phi) is 11.2. The summed E-state index contributed by atoms with van der Waals surface area (Å²) < 4.78 is 25.9. The van der Waals surface area contributed by atoms with Crippen LogP contribution in [0, 0.1) is 17.8 Å². The Hall–Kier alpha value is -5.15. The predicted molar refractivity (Wildman–Crippen MR) is 230 cm³/mol. The first-order chi connectivity index (χ1) is 29.1. The molecule has 3 heterocycles. The standard InChI is InChI=1S/C49H58N4O7/c1-28(54)58-27-39-36-13-14-37-45-32(19-34(55)21-43(45)57-3)24-49-17-16-29(23-49)18-31-12-15-44(50)53-40(31)11-7-8-30-20-41(56)42(22-38(30)47(39)60-48(36)46(37)49)59-35(25-51-2)26-52-33-9-5-4-6-10-33/h12-15,19-22,29,33,35,39,44,47,51-53,55-56H,4-6,8-10,16-18,23-27,50H2,1-3H3. The van der Waals surface area contributed by atoms with Crippen molar-refractivity contribution in [3.63, 3.8) is 0 Å². The van der Waals surface area contributed by atoms with Crippen LogP contribution in [0.25, 0.3) is 11.1 Å². The van der Waals surface area contributed by atoms with Gasteiger partial charge in [-0.1, -0.05) is 43.4 Å². The maximum atomic E-state index is 12.5. The molecule has 6 aliphatic rings. The van der Waals surface area contributed by atoms with Crippen molar-refractivity contribution in [1.29, 1.82) is 0 Å². The molecule has 60 heavy (non-hydrogen) atoms. The zero-order valence-corrected chi connectivity index (χ0v) is 35.0. The zero-order valence-electron chi connectivity index (χ0n) is 35.0. The van der Waals surface area contributed by atoms with Crippen LogP contribution in [0.5, 0.6) is 28.7 Å². The summed E-state index contributed by atoms with van der Waals surface area (Å²) in [4.78, 5) is 12.5. The Balaban J connectivity index is 1.20. The Morgan fingerprint density at radius 1 is 1.07 bits per heavy atom. The van der Waals surface area contributed by atoms with E-state index >= 15 is 0 Å². The Labute approximate surface area is 353 Å². The highest BCUT2D eigenvalue weighted by Crippen LogP contribution is 2.62. The minimum Gasteiger partial charge on any atom is -0.508 e. The number of hydrogen-bond donors (Lipinski definition) is 6. The van der Waals surface area contributed by atoms with E-state index < -0.39 is 6.10 Å². The van der Waals surface area contributed by atoms with Crippen molar-refractivity contribution in [2.75, 3.05) is 33.9 Å². The third-order valence-corrected chi connectivity index (χ3v) is 13.7. The third-order valence-electron chi connectivity index (χ3n) is 13.7. The number of nitrogens with two attached hydrogens (primary N) is 1. The number of methoxy groups -OCH3 is 1. The van der Waals surface area contributed by atoms with E-state index in [1.807, 2.05) is 25.3 Å². The molecule has 0 saturated heterocycles. The van der Waals surface area contributed by atoms with Gasteiger partial charge in [-0.15, -0.1) is 0 Å². The van der Waals surface area contributed by atoms with Crippen LogP contribution in [0.2, 0.25) is 0 Å². The number of hydrogen-bond acceptors (Lipinski definition) is 11. The molecule has 0 radical (unpaired) electrons. The lowest BCUT2D eigenvalue weighted by Gasteiger charge is -2.39. The van der Waals surface area contributed by atoms with Crippen molar-refractivity contribution in [2.45, 2.75) is 113 Å². The van der Waals surface area contributed by atoms with Crippen molar-refractivity contribution in [2.24, 2.45) is 11.7 Å². The third kappa shape index (κ3) is 7.70. The van der Waals surface area contributed by atoms with Crippen LogP contribution in [0.3, 0.4) is 0 Å². The van der Waals surface area contributed by atoms with Gasteiger partial charge in [0.1, 0.15) is 36.1 Å². The van der Waals surface area contributed by atoms with Gasteiger partial charge in [-0.25, -0.2) is 0 Å². The van der Waals surface area contributed by atoms with Crippen molar-refractivity contribution < 1.29 is 34.0 Å². The van der Waals surface area contributed by atoms with Gasteiger partial charge in [-0.2, -0.15) is 0 Å². The average molecular weight is 815 g/mol. The van der Waals surface area contributed by atoms with E-state index in [0.717, 1.165) is 94.5 Å². The number of esters is 1. The molecular weight excluding hydrogens is 757 g/mol. The minimum atomic E-state index is -0.588. The van der Waals surface area contributed by atoms with Crippen molar-refractivity contribution >= 4 is 5.97 Å². The first-order valence-electron chi connectivity index (χ1n) is 21.8. The molecule has 3 aromatic carbocycles. The average Bonchev–Trinajstić information content (AvgIpc) is 3.81. The number of aromatic hydroxyl groups is 2. The highest BCUT2D eigenvalue weighted by Gasteiger charge is 2.51. The number of ether oxygens (including phenoxy) is 4. The molecule has 3 aromatic rings. The number of likely N-dealkylation sites (N-methyl/N-ethyl adjacent to an activating group) is 1. The molecule has 0 aromatic heterocycles. The SMILES string of the molecule is CNCC(CNC1CCCCC1)Oc1cc2c(cc1O)CC#CC1=C(C=CC(N)N1)CC1CCC3(Cc4cc(O)cc(OC)c4-c4ccc5c(c43)OC2C5COC(C)=O)C1. The lowest BCUT2D eigenvalue weighted by atomic mass is 9.65. The van der Waals surface area contributed by atoms with Crippen LogP contribution in [0.15, 0.2) is 59.8 Å². The van der Waals surface area contributed by atoms with E-state index in [1.165, 1.54) is 26.2 Å². The highest BCUT2D eigenvalue weighted by atomic mass is 16.5. The fraction of sp³-hybridized carbons (Fsp3) is 0.490. The second kappa shape index (κ2) is 16.7. The molecule has 6 unspecified atom stereocenters. The molecule has 4 bridgehead atoms. The predicted octanol–water partition coefficient (Wildman–Crippen LogP) is 6.68. The van der Waals surface area contributed by atoms with Crippen LogP contribution in [-0.4, -0.2) is 68.3 Å². The molecule has 11 heteroatoms. The van der Waals surface area contributed by atoms with Crippen LogP contribution < -0.4 is 35.9 Å². The van der Waals surface area contributed by atoms with E-state index in [2.05, 4.69) is 46.0 Å². The number of phenols is 2. The van der Waals surface area contributed by atoms with E-state index in [4.69, 9.17) is 24.7 Å². The molecule has 3 aliphatic heterocycles. The topological polar surface area (TPSA) is 157 Å². The second-order valence-corrected chi connectivity index (χ2v) is 17.8. The maximum Gasteiger partial charge on any atom is 0.302 e. The molecule has 0 amide bonds. The van der Waals surface area contributed by atoms with Crippen LogP contribution in [-0.2, 0) is 27.8 Å². The smallest absolute Gasteiger partial charge is 0.302 e. The summed E-state index contributed by atoms with van der Waals surface area (Å²) in [5, 5.41) is 33.0. The molecule has 7 N–H and O–H groups in total. The lowest BCUT2D eigenvalue weighted by molar-refractivity contribution is -0.141. The molecule has 6 atom stereocenters. The van der Waals surface area contributed by atoms with Crippen molar-refractivity contribution in [3.8, 4) is 51.7 Å². The number of allylic oxidation sites excluding steroid dienone is 3. The first-order valence-corrected chi connectivity index (χ1v) is 21.8. The Morgan fingerprint density at radius 3 is 2.72 bits per heavy atom. The summed E-state index contributed by atoms with van der Waals surface area (Å²) in [5.74, 6) is 8.49. The summed E-state index contributed by atoms with van der Waals surface area (Å²) in [6.07, 6.45) is 13.7. The van der Waals surface area contributed by atoms with Crippen molar-refractivity contribution in [1.82, 2.24) is 16.0 Å². The van der Waals surface area contributed by atoms with E-state index in [1.54, 1.807) is 19.2 Å². The Bertz CT molecular complexity index is 2290. The van der Waals surface area contributed by atoms with Gasteiger partial charge in [0.2, 0.25) is 0 Å². The number of carbonyl (C=O) groups excluding carboxylic acids is 1. The largest absolute Gasteiger partial charge is 0.508 e. The molecule has 9 rings (SSSR count). The van der Waals surface area contributed by atoms with Gasteiger partial charge in [-0.3, -0.25) is 4.79 Å². The van der Waals surface area contributed by atoms with Gasteiger partial charge in [0.05, 0.1) is 24.9 Å². The molecule has 3 aliphatic carbocycles. The molecule has 1 spiro atoms. The van der Waals surface area contributed by atoms with E-state index in [9.17, 15) is 15.0 Å². The van der Waals surface area contributed by atoms with Gasteiger partial charge in [0.25, 0.3) is 0 Å². The summed E-state index contributed by atoms with van der Waals surface area (Å²) >= 11 is 0. The molecule has 2 fully saturated rings. The minimum absolute atomic E-state index is 0.0283. The monoisotopic (exact) mass is 814 g/mol. The van der Waals surface area contributed by atoms with Gasteiger partial charge >= 0.3 is 5.97 Å². The highest BCUT2D eigenvalue weighted by molar-refractivity contribution is 5.84. The van der Waals surface area contributed by atoms with Gasteiger partial charge in [-0.05, 0) is 110 Å². The summed E-state index contributed by atoms with van der Waals surface area (Å²) in [6.45, 7) is 2.76. The summed E-state index contributed by atoms with van der Waals surface area (Å²) in [6, 6.07) is 12.0. The lowest BCUT2D eigenvalue weighted by Crippen LogP contribution is -2.43. The van der Waals surface area contributed by atoms with Gasteiger partial charge in [0, 0.05) is 66.2 Å². The number of benzene rings is 3. The van der Waals surface area contributed by atoms with E-state index in [0.29, 0.717) is 49.4 Å². The van der Waals surface area contributed by atoms with Gasteiger partial charge in [0.15, 0.2) is 11.5 Å². The van der Waals surface area contributed by atoms with Crippen LogP contribution >= 0.6 is 0 Å².